The third kappa shape index (κ3) is 3.35. The Kier molecular flexibility index (Phi) is 4.95. The molecule has 2 nitrogen and oxygen atoms in total. The van der Waals surface area contributed by atoms with Crippen LogP contribution in [-0.2, 0) is 0 Å². The molecule has 0 N–H and O–H groups in total. The first-order valence-corrected chi connectivity index (χ1v) is 16.2. The fourth-order valence-corrected chi connectivity index (χ4v) is 8.40. The minimum absolute atomic E-state index is 0.0414. The zero-order valence-corrected chi connectivity index (χ0v) is 25.3. The number of hydrogen-bond donors (Lipinski definition) is 0. The van der Waals surface area contributed by atoms with Gasteiger partial charge in [-0.2, -0.15) is 0 Å². The van der Waals surface area contributed by atoms with Crippen LogP contribution in [0.5, 0.6) is 23.0 Å². The van der Waals surface area contributed by atoms with Crippen LogP contribution in [0.2, 0.25) is 0 Å². The summed E-state index contributed by atoms with van der Waals surface area (Å²) in [6, 6.07) is 54.6. The standard InChI is InChI=1S/C44H25BO2/c1-4-14-31-28(11-1)29-12-2-5-15-32(29)42-34-22-21-26(25-35(34)30-13-3-6-16-33(30)41(31)42)27-23-24-40-43-44(27)47-39-20-10-8-18-37(39)45(43)36-17-7-9-19-38(36)46-40/h1-25H. The summed E-state index contributed by atoms with van der Waals surface area (Å²) in [7, 11) is 0. The Morgan fingerprint density at radius 3 is 1.47 bits per heavy atom. The Labute approximate surface area is 271 Å². The molecule has 0 saturated heterocycles. The Morgan fingerprint density at radius 2 is 0.851 bits per heavy atom. The molecule has 0 unspecified atom stereocenters. The van der Waals surface area contributed by atoms with Crippen molar-refractivity contribution in [1.29, 1.82) is 0 Å². The van der Waals surface area contributed by atoms with Gasteiger partial charge in [-0.3, -0.25) is 0 Å². The molecule has 2 aliphatic rings. The van der Waals surface area contributed by atoms with E-state index in [4.69, 9.17) is 9.47 Å². The van der Waals surface area contributed by atoms with Gasteiger partial charge < -0.3 is 9.47 Å². The van der Waals surface area contributed by atoms with Crippen LogP contribution in [0.1, 0.15) is 0 Å². The number of ether oxygens (including phenoxy) is 2. The summed E-state index contributed by atoms with van der Waals surface area (Å²) >= 11 is 0. The van der Waals surface area contributed by atoms with E-state index in [1.54, 1.807) is 0 Å². The highest BCUT2D eigenvalue weighted by Crippen LogP contribution is 2.46. The van der Waals surface area contributed by atoms with Crippen LogP contribution >= 0.6 is 0 Å². The van der Waals surface area contributed by atoms with Crippen LogP contribution in [-0.4, -0.2) is 6.71 Å². The first-order chi connectivity index (χ1) is 23.3. The first-order valence-electron chi connectivity index (χ1n) is 16.2. The van der Waals surface area contributed by atoms with E-state index in [1.165, 1.54) is 64.8 Å². The molecule has 47 heavy (non-hydrogen) atoms. The lowest BCUT2D eigenvalue weighted by atomic mass is 9.34. The predicted molar refractivity (Wildman–Crippen MR) is 197 cm³/mol. The second kappa shape index (κ2) is 9.25. The summed E-state index contributed by atoms with van der Waals surface area (Å²) in [5.74, 6) is 3.54. The van der Waals surface area contributed by atoms with Crippen LogP contribution in [0.15, 0.2) is 152 Å². The molecular weight excluding hydrogens is 571 g/mol. The van der Waals surface area contributed by atoms with Crippen molar-refractivity contribution in [3.63, 3.8) is 0 Å². The van der Waals surface area contributed by atoms with E-state index in [0.29, 0.717) is 0 Å². The molecule has 0 fully saturated rings. The Bertz CT molecular complexity index is 2810. The van der Waals surface area contributed by atoms with Crippen molar-refractivity contribution in [3.8, 4) is 34.1 Å². The zero-order valence-electron chi connectivity index (χ0n) is 25.3. The fourth-order valence-electron chi connectivity index (χ4n) is 8.40. The molecule has 0 spiro atoms. The highest BCUT2D eigenvalue weighted by molar-refractivity contribution is 6.98. The topological polar surface area (TPSA) is 18.5 Å². The lowest BCUT2D eigenvalue weighted by Gasteiger charge is -2.34. The summed E-state index contributed by atoms with van der Waals surface area (Å²) in [4.78, 5) is 0. The summed E-state index contributed by atoms with van der Waals surface area (Å²) < 4.78 is 13.3. The monoisotopic (exact) mass is 596 g/mol. The Morgan fingerprint density at radius 1 is 0.362 bits per heavy atom. The van der Waals surface area contributed by atoms with Gasteiger partial charge in [0.25, 0.3) is 6.71 Å². The molecule has 0 amide bonds. The maximum Gasteiger partial charge on any atom is 0.260 e. The van der Waals surface area contributed by atoms with Crippen LogP contribution < -0.4 is 25.9 Å². The van der Waals surface area contributed by atoms with Crippen LogP contribution in [0, 0.1) is 0 Å². The molecule has 0 radical (unpaired) electrons. The lowest BCUT2D eigenvalue weighted by Crippen LogP contribution is -2.57. The molecule has 216 valence electrons. The molecule has 0 saturated carbocycles. The number of rotatable bonds is 1. The van der Waals surface area contributed by atoms with E-state index in [9.17, 15) is 0 Å². The quantitative estimate of drug-likeness (QED) is 0.139. The molecule has 3 heteroatoms. The van der Waals surface area contributed by atoms with Crippen molar-refractivity contribution >= 4 is 77.0 Å². The third-order valence-electron chi connectivity index (χ3n) is 10.4. The minimum Gasteiger partial charge on any atom is -0.458 e. The first kappa shape index (κ1) is 25.2. The third-order valence-corrected chi connectivity index (χ3v) is 10.4. The molecule has 2 heterocycles. The van der Waals surface area contributed by atoms with Gasteiger partial charge >= 0.3 is 0 Å². The summed E-state index contributed by atoms with van der Waals surface area (Å²) in [5.41, 5.74) is 5.64. The van der Waals surface area contributed by atoms with Gasteiger partial charge in [-0.25, -0.2) is 0 Å². The van der Waals surface area contributed by atoms with Crippen molar-refractivity contribution < 1.29 is 9.47 Å². The average Bonchev–Trinajstić information content (AvgIpc) is 3.14. The van der Waals surface area contributed by atoms with E-state index >= 15 is 0 Å². The van der Waals surface area contributed by atoms with E-state index in [-0.39, 0.29) is 6.71 Å². The predicted octanol–water partition coefficient (Wildman–Crippen LogP) is 9.85. The summed E-state index contributed by atoms with van der Waals surface area (Å²) in [6.07, 6.45) is 0. The van der Waals surface area contributed by atoms with E-state index in [2.05, 4.69) is 146 Å². The van der Waals surface area contributed by atoms with Crippen LogP contribution in [0.25, 0.3) is 65.0 Å². The van der Waals surface area contributed by atoms with Gasteiger partial charge in [-0.15, -0.1) is 0 Å². The van der Waals surface area contributed by atoms with Gasteiger partial charge in [-0.05, 0) is 101 Å². The molecule has 0 atom stereocenters. The van der Waals surface area contributed by atoms with Gasteiger partial charge in [0.1, 0.15) is 23.0 Å². The second-order valence-electron chi connectivity index (χ2n) is 12.7. The van der Waals surface area contributed by atoms with Crippen LogP contribution in [0.4, 0.5) is 0 Å². The average molecular weight is 596 g/mol. The number of hydrogen-bond acceptors (Lipinski definition) is 2. The minimum atomic E-state index is 0.0414. The SMILES string of the molecule is c1ccc2c(c1)Oc1ccc(-c3ccc4c(c3)c3ccccc3c3c5ccccc5c5ccccc5c43)c3c1B2c1ccccc1O3. The van der Waals surface area contributed by atoms with Gasteiger partial charge in [0.15, 0.2) is 0 Å². The second-order valence-corrected chi connectivity index (χ2v) is 12.7. The van der Waals surface area contributed by atoms with E-state index < -0.39 is 0 Å². The van der Waals surface area contributed by atoms with Gasteiger partial charge in [0.2, 0.25) is 0 Å². The van der Waals surface area contributed by atoms with Crippen molar-refractivity contribution in [2.75, 3.05) is 0 Å². The largest absolute Gasteiger partial charge is 0.458 e. The molecule has 9 aromatic rings. The van der Waals surface area contributed by atoms with Crippen molar-refractivity contribution in [3.05, 3.63) is 152 Å². The lowest BCUT2D eigenvalue weighted by molar-refractivity contribution is 0.465. The summed E-state index contributed by atoms with van der Waals surface area (Å²) in [5, 5.41) is 12.8. The molecule has 0 aromatic heterocycles. The van der Waals surface area contributed by atoms with E-state index in [1.807, 2.05) is 6.07 Å². The highest BCUT2D eigenvalue weighted by atomic mass is 16.5. The highest BCUT2D eigenvalue weighted by Gasteiger charge is 2.40. The molecule has 0 bridgehead atoms. The van der Waals surface area contributed by atoms with Gasteiger partial charge in [-0.1, -0.05) is 121 Å². The van der Waals surface area contributed by atoms with E-state index in [0.717, 1.165) is 39.6 Å². The van der Waals surface area contributed by atoms with Crippen molar-refractivity contribution in [2.24, 2.45) is 0 Å². The smallest absolute Gasteiger partial charge is 0.260 e. The van der Waals surface area contributed by atoms with Crippen molar-refractivity contribution in [2.45, 2.75) is 0 Å². The van der Waals surface area contributed by atoms with Crippen LogP contribution in [0.3, 0.4) is 0 Å². The normalized spacial score (nSPS) is 13.0. The number of para-hydroxylation sites is 2. The Balaban J connectivity index is 1.23. The number of benzene rings is 9. The molecular formula is C44H25BO2. The fraction of sp³-hybridized carbons (Fsp3) is 0. The zero-order chi connectivity index (χ0) is 30.6. The molecule has 0 aliphatic carbocycles. The van der Waals surface area contributed by atoms with Gasteiger partial charge in [0.05, 0.1) is 0 Å². The maximum absolute atomic E-state index is 6.82. The molecule has 11 rings (SSSR count). The molecule has 9 aromatic carbocycles. The maximum atomic E-state index is 6.82. The molecule has 2 aliphatic heterocycles. The Hall–Kier alpha value is -6.06. The van der Waals surface area contributed by atoms with Crippen molar-refractivity contribution in [1.82, 2.24) is 0 Å². The van der Waals surface area contributed by atoms with Gasteiger partial charge in [0, 0.05) is 11.0 Å². The number of fused-ring (bicyclic) bond motifs is 15. The summed E-state index contributed by atoms with van der Waals surface area (Å²) in [6.45, 7) is 0.0414.